The summed E-state index contributed by atoms with van der Waals surface area (Å²) in [5.74, 6) is 1.78. The van der Waals surface area contributed by atoms with E-state index in [-0.39, 0.29) is 0 Å². The molecular weight excluding hydrogens is 246 g/mol. The summed E-state index contributed by atoms with van der Waals surface area (Å²) in [5, 5.41) is 0. The first kappa shape index (κ1) is 13.9. The van der Waals surface area contributed by atoms with Crippen LogP contribution < -0.4 is 4.74 Å². The summed E-state index contributed by atoms with van der Waals surface area (Å²) in [7, 11) is 0. The van der Waals surface area contributed by atoms with Gasteiger partial charge in [-0.05, 0) is 64.1 Å². The Morgan fingerprint density at radius 2 is 1.85 bits per heavy atom. The van der Waals surface area contributed by atoms with Gasteiger partial charge in [-0.1, -0.05) is 18.2 Å². The summed E-state index contributed by atoms with van der Waals surface area (Å²) in [6.07, 6.45) is 5.47. The van der Waals surface area contributed by atoms with E-state index in [1.165, 1.54) is 43.4 Å². The van der Waals surface area contributed by atoms with Gasteiger partial charge in [0.15, 0.2) is 0 Å². The Balaban J connectivity index is 1.62. The zero-order chi connectivity index (χ0) is 14.1. The predicted molar refractivity (Wildman–Crippen MR) is 83.3 cm³/mol. The van der Waals surface area contributed by atoms with E-state index in [0.29, 0.717) is 12.0 Å². The quantitative estimate of drug-likeness (QED) is 0.823. The summed E-state index contributed by atoms with van der Waals surface area (Å²) >= 11 is 0. The lowest BCUT2D eigenvalue weighted by atomic mass is 9.90. The van der Waals surface area contributed by atoms with Crippen molar-refractivity contribution in [2.24, 2.45) is 5.92 Å². The number of rotatable bonds is 4. The number of para-hydroxylation sites is 1. The average Bonchev–Trinajstić information content (AvgIpc) is 3.24. The highest BCUT2D eigenvalue weighted by atomic mass is 16.5. The van der Waals surface area contributed by atoms with Crippen molar-refractivity contribution in [3.8, 4) is 5.75 Å². The lowest BCUT2D eigenvalue weighted by Gasteiger charge is -2.39. The molecule has 2 fully saturated rings. The van der Waals surface area contributed by atoms with Gasteiger partial charge in [-0.25, -0.2) is 0 Å². The molecule has 0 amide bonds. The second-order valence-electron chi connectivity index (χ2n) is 6.64. The molecule has 20 heavy (non-hydrogen) atoms. The smallest absolute Gasteiger partial charge is 0.125 e. The molecule has 0 spiro atoms. The van der Waals surface area contributed by atoms with Gasteiger partial charge in [0, 0.05) is 18.0 Å². The normalized spacial score (nSPS) is 27.6. The minimum absolute atomic E-state index is 0.681. The van der Waals surface area contributed by atoms with Gasteiger partial charge in [0.05, 0.1) is 6.61 Å². The van der Waals surface area contributed by atoms with Crippen molar-refractivity contribution in [3.63, 3.8) is 0 Å². The monoisotopic (exact) mass is 273 g/mol. The average molecular weight is 273 g/mol. The molecule has 2 aliphatic rings. The standard InChI is InChI=1S/C18H27NO/c1-13-6-4-7-14(2)18(13)20-12-16-8-5-11-19(15(16)3)17-9-10-17/h4,6-7,15-17H,5,8-12H2,1-3H3/t15-,16?/m0/s1. The van der Waals surface area contributed by atoms with Crippen LogP contribution in [0.3, 0.4) is 0 Å². The Hall–Kier alpha value is -1.02. The highest BCUT2D eigenvalue weighted by Crippen LogP contribution is 2.35. The van der Waals surface area contributed by atoms with Gasteiger partial charge >= 0.3 is 0 Å². The number of ether oxygens (including phenoxy) is 1. The van der Waals surface area contributed by atoms with Gasteiger partial charge < -0.3 is 4.74 Å². The maximum absolute atomic E-state index is 6.20. The van der Waals surface area contributed by atoms with Gasteiger partial charge in [-0.3, -0.25) is 4.90 Å². The van der Waals surface area contributed by atoms with E-state index in [2.05, 4.69) is 43.9 Å². The lowest BCUT2D eigenvalue weighted by Crippen LogP contribution is -2.46. The number of piperidine rings is 1. The van der Waals surface area contributed by atoms with Gasteiger partial charge in [0.2, 0.25) is 0 Å². The van der Waals surface area contributed by atoms with E-state index < -0.39 is 0 Å². The summed E-state index contributed by atoms with van der Waals surface area (Å²) < 4.78 is 6.20. The molecule has 110 valence electrons. The second kappa shape index (κ2) is 5.77. The molecule has 2 nitrogen and oxygen atoms in total. The Morgan fingerprint density at radius 1 is 1.15 bits per heavy atom. The third-order valence-electron chi connectivity index (χ3n) is 5.06. The molecule has 2 atom stereocenters. The summed E-state index contributed by atoms with van der Waals surface area (Å²) in [5.41, 5.74) is 2.51. The zero-order valence-corrected chi connectivity index (χ0v) is 13.1. The van der Waals surface area contributed by atoms with Crippen molar-refractivity contribution >= 4 is 0 Å². The maximum Gasteiger partial charge on any atom is 0.125 e. The number of hydrogen-bond acceptors (Lipinski definition) is 2. The van der Waals surface area contributed by atoms with Crippen LogP contribution in [0.2, 0.25) is 0 Å². The van der Waals surface area contributed by atoms with E-state index in [4.69, 9.17) is 4.74 Å². The zero-order valence-electron chi connectivity index (χ0n) is 13.1. The molecule has 0 bridgehead atoms. The van der Waals surface area contributed by atoms with E-state index in [9.17, 15) is 0 Å². The van der Waals surface area contributed by atoms with Crippen LogP contribution in [0.5, 0.6) is 5.75 Å². The lowest BCUT2D eigenvalue weighted by molar-refractivity contribution is 0.0667. The Bertz CT molecular complexity index is 446. The molecule has 1 aromatic rings. The molecule has 1 aliphatic heterocycles. The SMILES string of the molecule is Cc1cccc(C)c1OCC1CCCN(C2CC2)[C@H]1C. The summed E-state index contributed by atoms with van der Waals surface area (Å²) in [6.45, 7) is 8.85. The molecule has 1 saturated carbocycles. The minimum atomic E-state index is 0.681. The van der Waals surface area contributed by atoms with Gasteiger partial charge in [-0.2, -0.15) is 0 Å². The number of hydrogen-bond donors (Lipinski definition) is 0. The first-order chi connectivity index (χ1) is 9.66. The molecule has 0 N–H and O–H groups in total. The fraction of sp³-hybridized carbons (Fsp3) is 0.667. The van der Waals surface area contributed by atoms with Crippen LogP contribution in [0.15, 0.2) is 18.2 Å². The molecule has 1 heterocycles. The molecule has 2 heteroatoms. The highest BCUT2D eigenvalue weighted by Gasteiger charge is 2.37. The summed E-state index contributed by atoms with van der Waals surface area (Å²) in [6, 6.07) is 7.95. The van der Waals surface area contributed by atoms with Crippen LogP contribution in [-0.2, 0) is 0 Å². The molecular formula is C18H27NO. The highest BCUT2D eigenvalue weighted by molar-refractivity contribution is 5.39. The van der Waals surface area contributed by atoms with Crippen LogP contribution in [-0.4, -0.2) is 30.1 Å². The second-order valence-corrected chi connectivity index (χ2v) is 6.64. The molecule has 1 aromatic carbocycles. The van der Waals surface area contributed by atoms with Crippen molar-refractivity contribution in [2.45, 2.75) is 58.5 Å². The van der Waals surface area contributed by atoms with Gasteiger partial charge in [0.1, 0.15) is 5.75 Å². The van der Waals surface area contributed by atoms with Crippen LogP contribution in [0.25, 0.3) is 0 Å². The molecule has 3 rings (SSSR count). The first-order valence-electron chi connectivity index (χ1n) is 8.11. The van der Waals surface area contributed by atoms with Crippen molar-refractivity contribution in [1.29, 1.82) is 0 Å². The largest absolute Gasteiger partial charge is 0.493 e. The maximum atomic E-state index is 6.20. The Kier molecular flexibility index (Phi) is 4.02. The molecule has 0 radical (unpaired) electrons. The number of nitrogens with zero attached hydrogens (tertiary/aromatic N) is 1. The van der Waals surface area contributed by atoms with E-state index >= 15 is 0 Å². The fourth-order valence-corrected chi connectivity index (χ4v) is 3.61. The first-order valence-corrected chi connectivity index (χ1v) is 8.11. The molecule has 0 aromatic heterocycles. The van der Waals surface area contributed by atoms with Crippen LogP contribution >= 0.6 is 0 Å². The van der Waals surface area contributed by atoms with Crippen molar-refractivity contribution in [1.82, 2.24) is 4.90 Å². The Labute approximate surface area is 123 Å². The number of aryl methyl sites for hydroxylation is 2. The van der Waals surface area contributed by atoms with Gasteiger partial charge in [0.25, 0.3) is 0 Å². The molecule has 1 saturated heterocycles. The van der Waals surface area contributed by atoms with Crippen LogP contribution in [0.4, 0.5) is 0 Å². The predicted octanol–water partition coefficient (Wildman–Crippen LogP) is 3.95. The van der Waals surface area contributed by atoms with Crippen LogP contribution in [0.1, 0.15) is 43.7 Å². The number of benzene rings is 1. The topological polar surface area (TPSA) is 12.5 Å². The Morgan fingerprint density at radius 3 is 2.50 bits per heavy atom. The van der Waals surface area contributed by atoms with E-state index in [1.807, 2.05) is 0 Å². The van der Waals surface area contributed by atoms with E-state index in [0.717, 1.165) is 18.4 Å². The third-order valence-corrected chi connectivity index (χ3v) is 5.06. The van der Waals surface area contributed by atoms with Crippen molar-refractivity contribution < 1.29 is 4.74 Å². The fourth-order valence-electron chi connectivity index (χ4n) is 3.61. The summed E-state index contributed by atoms with van der Waals surface area (Å²) in [4.78, 5) is 2.72. The van der Waals surface area contributed by atoms with E-state index in [1.54, 1.807) is 0 Å². The van der Waals surface area contributed by atoms with Crippen molar-refractivity contribution in [2.75, 3.05) is 13.2 Å². The third kappa shape index (κ3) is 2.85. The molecule has 1 unspecified atom stereocenters. The number of likely N-dealkylation sites (tertiary alicyclic amines) is 1. The van der Waals surface area contributed by atoms with Crippen LogP contribution in [0, 0.1) is 19.8 Å². The van der Waals surface area contributed by atoms with Gasteiger partial charge in [-0.15, -0.1) is 0 Å². The minimum Gasteiger partial charge on any atom is -0.493 e. The van der Waals surface area contributed by atoms with Crippen molar-refractivity contribution in [3.05, 3.63) is 29.3 Å². The molecule has 1 aliphatic carbocycles.